The number of ether oxygens (including phenoxy) is 2. The van der Waals surface area contributed by atoms with Gasteiger partial charge in [-0.05, 0) is 60.2 Å². The molecule has 43 heavy (non-hydrogen) atoms. The van der Waals surface area contributed by atoms with Crippen molar-refractivity contribution in [2.45, 2.75) is 51.6 Å². The number of hydrogen-bond donors (Lipinski definition) is 3. The van der Waals surface area contributed by atoms with Crippen LogP contribution in [0.3, 0.4) is 0 Å². The van der Waals surface area contributed by atoms with E-state index in [1.807, 2.05) is 0 Å². The molecule has 0 spiro atoms. The van der Waals surface area contributed by atoms with Crippen LogP contribution in [0.2, 0.25) is 0 Å². The van der Waals surface area contributed by atoms with Crippen molar-refractivity contribution in [1.82, 2.24) is 15.5 Å². The number of carbonyl (C=O) groups excluding carboxylic acids is 4. The Bertz CT molecular complexity index is 1410. The average Bonchev–Trinajstić information content (AvgIpc) is 3.09. The van der Waals surface area contributed by atoms with Gasteiger partial charge < -0.3 is 30.1 Å². The van der Waals surface area contributed by atoms with Gasteiger partial charge in [-0.3, -0.25) is 19.2 Å². The van der Waals surface area contributed by atoms with Gasteiger partial charge in [-0.25, -0.2) is 4.79 Å². The zero-order chi connectivity index (χ0) is 31.7. The molecule has 0 bridgehead atoms. The number of carboxylic acid groups (broad SMARTS) is 1. The Hall–Kier alpha value is -4.88. The molecule has 2 aromatic rings. The van der Waals surface area contributed by atoms with E-state index in [1.54, 1.807) is 0 Å². The van der Waals surface area contributed by atoms with Gasteiger partial charge in [0.1, 0.15) is 17.5 Å². The first-order valence-corrected chi connectivity index (χ1v) is 13.1. The summed E-state index contributed by atoms with van der Waals surface area (Å²) in [5.74, 6) is -4.11. The topological polar surface area (TPSA) is 151 Å². The molecule has 14 heteroatoms. The number of nitrogens with zero attached hydrogens (tertiary/aromatic N) is 1. The van der Waals surface area contributed by atoms with Crippen LogP contribution in [0.5, 0.6) is 5.75 Å². The van der Waals surface area contributed by atoms with E-state index in [0.29, 0.717) is 31.4 Å². The molecular weight excluding hydrogens is 575 g/mol. The smallest absolute Gasteiger partial charge is 0.481 e. The molecule has 1 heterocycles. The summed E-state index contributed by atoms with van der Waals surface area (Å²) >= 11 is 0. The van der Waals surface area contributed by atoms with Gasteiger partial charge >= 0.3 is 18.3 Å². The van der Waals surface area contributed by atoms with Crippen LogP contribution in [0.4, 0.5) is 13.2 Å². The van der Waals surface area contributed by atoms with E-state index in [1.165, 1.54) is 48.2 Å². The number of aliphatic carboxylic acids is 1. The summed E-state index contributed by atoms with van der Waals surface area (Å²) in [4.78, 5) is 63.5. The van der Waals surface area contributed by atoms with Gasteiger partial charge in [0, 0.05) is 20.0 Å². The highest BCUT2D eigenvalue weighted by Crippen LogP contribution is 2.24. The molecule has 1 atom stereocenters. The van der Waals surface area contributed by atoms with E-state index in [2.05, 4.69) is 15.4 Å². The summed E-state index contributed by atoms with van der Waals surface area (Å²) in [6, 6.07) is 8.34. The van der Waals surface area contributed by atoms with Crippen LogP contribution in [0, 0.1) is 0 Å². The molecule has 3 rings (SSSR count). The minimum atomic E-state index is -4.83. The third-order valence-electron chi connectivity index (χ3n) is 6.36. The number of rotatable bonds is 10. The van der Waals surface area contributed by atoms with Gasteiger partial charge in [0.2, 0.25) is 11.8 Å². The highest BCUT2D eigenvalue weighted by atomic mass is 19.4. The number of carbonyl (C=O) groups is 5. The molecule has 2 aromatic carbocycles. The largest absolute Gasteiger partial charge is 0.573 e. The number of halogens is 3. The van der Waals surface area contributed by atoms with Crippen molar-refractivity contribution in [2.75, 3.05) is 13.7 Å². The van der Waals surface area contributed by atoms with Crippen LogP contribution in [-0.2, 0) is 36.9 Å². The molecule has 3 N–H and O–H groups in total. The number of carboxylic acids is 1. The Morgan fingerprint density at radius 3 is 2.40 bits per heavy atom. The van der Waals surface area contributed by atoms with Crippen LogP contribution in [0.1, 0.15) is 53.2 Å². The monoisotopic (exact) mass is 605 g/mol. The lowest BCUT2D eigenvalue weighted by atomic mass is 10.0. The minimum Gasteiger partial charge on any atom is -0.481 e. The van der Waals surface area contributed by atoms with Crippen molar-refractivity contribution >= 4 is 35.7 Å². The number of alkyl halides is 3. The highest BCUT2D eigenvalue weighted by Gasteiger charge is 2.32. The number of likely N-dealkylation sites (tertiary alicyclic amines) is 1. The third-order valence-corrected chi connectivity index (χ3v) is 6.36. The molecule has 1 fully saturated rings. The second-order valence-electron chi connectivity index (χ2n) is 9.69. The van der Waals surface area contributed by atoms with Crippen molar-refractivity contribution < 1.29 is 51.7 Å². The summed E-state index contributed by atoms with van der Waals surface area (Å²) in [5, 5.41) is 14.2. The predicted octanol–water partition coefficient (Wildman–Crippen LogP) is 3.17. The molecule has 3 amide bonds. The molecule has 1 saturated heterocycles. The van der Waals surface area contributed by atoms with Gasteiger partial charge in [0.05, 0.1) is 19.1 Å². The maximum atomic E-state index is 13.4. The molecule has 0 unspecified atom stereocenters. The molecule has 230 valence electrons. The van der Waals surface area contributed by atoms with E-state index in [-0.39, 0.29) is 28.9 Å². The fraction of sp³-hybridized carbons (Fsp3) is 0.345. The number of esters is 1. The Morgan fingerprint density at radius 1 is 1.09 bits per heavy atom. The predicted molar refractivity (Wildman–Crippen MR) is 145 cm³/mol. The van der Waals surface area contributed by atoms with Gasteiger partial charge in [0.15, 0.2) is 0 Å². The number of hydrogen-bond acceptors (Lipinski definition) is 7. The van der Waals surface area contributed by atoms with E-state index in [9.17, 15) is 37.1 Å². The van der Waals surface area contributed by atoms with Gasteiger partial charge in [0.25, 0.3) is 5.91 Å². The first kappa shape index (κ1) is 32.6. The molecule has 0 saturated carbocycles. The Morgan fingerprint density at radius 2 is 1.79 bits per heavy atom. The fourth-order valence-electron chi connectivity index (χ4n) is 4.46. The second-order valence-corrected chi connectivity index (χ2v) is 9.69. The average molecular weight is 606 g/mol. The summed E-state index contributed by atoms with van der Waals surface area (Å²) in [6.07, 6.45) is -2.47. The maximum Gasteiger partial charge on any atom is 0.573 e. The SMILES string of the molecule is COC(=O)c1cc(/C=C(\NC(C)=O)C(=O)N[C@H]2CCCCN(Cc3ccc(OC(F)(F)F)cc3)C2=O)ccc1CC(=O)O. The van der Waals surface area contributed by atoms with Crippen molar-refractivity contribution in [3.63, 3.8) is 0 Å². The van der Waals surface area contributed by atoms with E-state index < -0.39 is 54.2 Å². The number of nitrogens with one attached hydrogen (secondary N) is 2. The van der Waals surface area contributed by atoms with Crippen LogP contribution < -0.4 is 15.4 Å². The Labute approximate surface area is 244 Å². The first-order valence-electron chi connectivity index (χ1n) is 13.1. The maximum absolute atomic E-state index is 13.4. The van der Waals surface area contributed by atoms with Crippen LogP contribution in [0.15, 0.2) is 48.2 Å². The lowest BCUT2D eigenvalue weighted by Gasteiger charge is -2.25. The number of amides is 3. The fourth-order valence-corrected chi connectivity index (χ4v) is 4.46. The first-order chi connectivity index (χ1) is 20.3. The third kappa shape index (κ3) is 9.87. The quantitative estimate of drug-likeness (QED) is 0.276. The highest BCUT2D eigenvalue weighted by molar-refractivity contribution is 6.03. The summed E-state index contributed by atoms with van der Waals surface area (Å²) in [5.41, 5.74) is 0.766. The van der Waals surface area contributed by atoms with Crippen molar-refractivity contribution in [3.8, 4) is 5.75 Å². The van der Waals surface area contributed by atoms with Crippen molar-refractivity contribution in [3.05, 3.63) is 70.4 Å². The zero-order valence-corrected chi connectivity index (χ0v) is 23.3. The summed E-state index contributed by atoms with van der Waals surface area (Å²) in [7, 11) is 1.13. The second kappa shape index (κ2) is 14.3. The van der Waals surface area contributed by atoms with Crippen molar-refractivity contribution in [2.24, 2.45) is 0 Å². The van der Waals surface area contributed by atoms with Crippen molar-refractivity contribution in [1.29, 1.82) is 0 Å². The Kier molecular flexibility index (Phi) is 10.9. The zero-order valence-electron chi connectivity index (χ0n) is 23.3. The summed E-state index contributed by atoms with van der Waals surface area (Å²) < 4.78 is 46.0. The molecule has 0 aromatic heterocycles. The van der Waals surface area contributed by atoms with Crippen LogP contribution in [0.25, 0.3) is 6.08 Å². The molecule has 0 radical (unpaired) electrons. The normalized spacial score (nSPS) is 15.7. The molecule has 0 aliphatic carbocycles. The van der Waals surface area contributed by atoms with Gasteiger partial charge in [-0.1, -0.05) is 24.3 Å². The lowest BCUT2D eigenvalue weighted by Crippen LogP contribution is -2.48. The Balaban J connectivity index is 1.80. The number of benzene rings is 2. The standard InChI is InChI=1S/C29H30F3N3O8/c1-17(36)33-24(14-19-6-9-20(15-25(37)38)22(13-19)28(41)42-2)26(39)34-23-5-3-4-12-35(27(23)40)16-18-7-10-21(11-8-18)43-29(30,31)32/h6-11,13-14,23H,3-5,12,15-16H2,1-2H3,(H,33,36)(H,34,39)(H,37,38)/b24-14-/t23-/m0/s1. The van der Waals surface area contributed by atoms with E-state index in [4.69, 9.17) is 9.84 Å². The van der Waals surface area contributed by atoms with Gasteiger partial charge in [-0.2, -0.15) is 0 Å². The molecule has 11 nitrogen and oxygen atoms in total. The van der Waals surface area contributed by atoms with Gasteiger partial charge in [-0.15, -0.1) is 13.2 Å². The lowest BCUT2D eigenvalue weighted by molar-refractivity contribution is -0.274. The summed E-state index contributed by atoms with van der Waals surface area (Å²) in [6.45, 7) is 1.63. The minimum absolute atomic E-state index is 0.0335. The molecular formula is C29H30F3N3O8. The van der Waals surface area contributed by atoms with Crippen LogP contribution >= 0.6 is 0 Å². The molecule has 1 aliphatic rings. The van der Waals surface area contributed by atoms with E-state index in [0.717, 1.165) is 19.2 Å². The van der Waals surface area contributed by atoms with Crippen LogP contribution in [-0.4, -0.2) is 65.7 Å². The van der Waals surface area contributed by atoms with E-state index >= 15 is 0 Å². The molecule has 1 aliphatic heterocycles. The number of methoxy groups -OCH3 is 1.